The Bertz CT molecular complexity index is 422. The first-order chi connectivity index (χ1) is 7.40. The van der Waals surface area contributed by atoms with E-state index in [2.05, 4.69) is 5.32 Å². The monoisotopic (exact) mass is 245 g/mol. The van der Waals surface area contributed by atoms with Gasteiger partial charge in [-0.3, -0.25) is 0 Å². The molecule has 0 aliphatic heterocycles. The highest BCUT2D eigenvalue weighted by Crippen LogP contribution is 2.08. The number of furan rings is 1. The van der Waals surface area contributed by atoms with Crippen molar-refractivity contribution in [2.24, 2.45) is 0 Å². The van der Waals surface area contributed by atoms with Crippen LogP contribution in [0.2, 0.25) is 0 Å². The van der Waals surface area contributed by atoms with E-state index in [0.717, 1.165) is 17.9 Å². The molecule has 16 heavy (non-hydrogen) atoms. The van der Waals surface area contributed by atoms with Crippen LogP contribution >= 0.6 is 0 Å². The smallest absolute Gasteiger partial charge is 0.148 e. The van der Waals surface area contributed by atoms with Gasteiger partial charge in [-0.05, 0) is 19.1 Å². The number of hydrogen-bond acceptors (Lipinski definition) is 4. The van der Waals surface area contributed by atoms with Crippen molar-refractivity contribution in [3.8, 4) is 0 Å². The Morgan fingerprint density at radius 3 is 2.50 bits per heavy atom. The topological polar surface area (TPSA) is 59.3 Å². The molecule has 0 bridgehead atoms. The zero-order valence-corrected chi connectivity index (χ0v) is 10.8. The molecular formula is C11H19NO3S. The van der Waals surface area contributed by atoms with Crippen LogP contribution in [0.15, 0.2) is 16.5 Å². The molecule has 0 amide bonds. The van der Waals surface area contributed by atoms with E-state index in [1.54, 1.807) is 0 Å². The normalized spacial score (nSPS) is 13.9. The summed E-state index contributed by atoms with van der Waals surface area (Å²) in [5.74, 6) is 1.94. The van der Waals surface area contributed by atoms with Gasteiger partial charge in [0.15, 0.2) is 0 Å². The molecule has 5 heteroatoms. The second-order valence-electron chi connectivity index (χ2n) is 4.10. The van der Waals surface area contributed by atoms with Crippen molar-refractivity contribution < 1.29 is 12.8 Å². The van der Waals surface area contributed by atoms with Gasteiger partial charge in [-0.15, -0.1) is 0 Å². The molecule has 0 radical (unpaired) electrons. The molecule has 4 nitrogen and oxygen atoms in total. The third kappa shape index (κ3) is 4.81. The Morgan fingerprint density at radius 2 is 2.00 bits per heavy atom. The fourth-order valence-corrected chi connectivity index (χ4v) is 2.52. The van der Waals surface area contributed by atoms with Crippen LogP contribution in [-0.2, 0) is 22.8 Å². The summed E-state index contributed by atoms with van der Waals surface area (Å²) in [6.07, 6.45) is 2.12. The first kappa shape index (κ1) is 13.3. The summed E-state index contributed by atoms with van der Waals surface area (Å²) in [5.41, 5.74) is 0. The fourth-order valence-electron chi connectivity index (χ4n) is 1.50. The van der Waals surface area contributed by atoms with Gasteiger partial charge in [-0.1, -0.05) is 6.92 Å². The lowest BCUT2D eigenvalue weighted by Gasteiger charge is -2.10. The van der Waals surface area contributed by atoms with Gasteiger partial charge in [0.05, 0.1) is 12.3 Å². The van der Waals surface area contributed by atoms with Gasteiger partial charge in [-0.25, -0.2) is 8.42 Å². The van der Waals surface area contributed by atoms with Crippen molar-refractivity contribution in [1.29, 1.82) is 0 Å². The minimum absolute atomic E-state index is 0.0647. The van der Waals surface area contributed by atoms with E-state index in [-0.39, 0.29) is 11.8 Å². The third-order valence-electron chi connectivity index (χ3n) is 2.24. The molecule has 0 aliphatic carbocycles. The molecule has 0 saturated heterocycles. The van der Waals surface area contributed by atoms with Crippen molar-refractivity contribution in [3.05, 3.63) is 23.7 Å². The van der Waals surface area contributed by atoms with E-state index in [4.69, 9.17) is 4.42 Å². The average molecular weight is 245 g/mol. The van der Waals surface area contributed by atoms with Gasteiger partial charge in [0.1, 0.15) is 21.4 Å². The van der Waals surface area contributed by atoms with E-state index in [1.807, 2.05) is 26.0 Å². The lowest BCUT2D eigenvalue weighted by Crippen LogP contribution is -2.32. The molecule has 1 aromatic rings. The number of aryl methyl sites for hydroxylation is 1. The minimum Gasteiger partial charge on any atom is -0.465 e. The average Bonchev–Trinajstić information content (AvgIpc) is 2.59. The largest absolute Gasteiger partial charge is 0.465 e. The van der Waals surface area contributed by atoms with Gasteiger partial charge < -0.3 is 9.73 Å². The first-order valence-corrected chi connectivity index (χ1v) is 7.45. The number of nitrogens with one attached hydrogen (secondary N) is 1. The number of sulfone groups is 1. The molecule has 1 aromatic heterocycles. The summed E-state index contributed by atoms with van der Waals surface area (Å²) < 4.78 is 27.6. The molecule has 1 unspecified atom stereocenters. The molecule has 1 rings (SSSR count). The molecule has 1 heterocycles. The summed E-state index contributed by atoms with van der Waals surface area (Å²) in [7, 11) is -2.92. The van der Waals surface area contributed by atoms with Crippen LogP contribution in [0, 0.1) is 0 Å². The SMILES string of the molecule is CCc1ccc(CNC(C)CS(C)(=O)=O)o1. The molecule has 1 atom stereocenters. The predicted molar refractivity (Wildman–Crippen MR) is 64.1 cm³/mol. The van der Waals surface area contributed by atoms with Crippen LogP contribution in [0.5, 0.6) is 0 Å². The summed E-state index contributed by atoms with van der Waals surface area (Å²) >= 11 is 0. The van der Waals surface area contributed by atoms with E-state index >= 15 is 0 Å². The van der Waals surface area contributed by atoms with Crippen LogP contribution < -0.4 is 5.32 Å². The third-order valence-corrected chi connectivity index (χ3v) is 3.35. The van der Waals surface area contributed by atoms with Gasteiger partial charge in [0.2, 0.25) is 0 Å². The van der Waals surface area contributed by atoms with Crippen molar-refractivity contribution in [2.45, 2.75) is 32.9 Å². The Balaban J connectivity index is 2.39. The van der Waals surface area contributed by atoms with Crippen LogP contribution in [0.25, 0.3) is 0 Å². The highest BCUT2D eigenvalue weighted by atomic mass is 32.2. The van der Waals surface area contributed by atoms with Crippen molar-refractivity contribution in [3.63, 3.8) is 0 Å². The lowest BCUT2D eigenvalue weighted by atomic mass is 10.3. The predicted octanol–water partition coefficient (Wildman–Crippen LogP) is 1.36. The van der Waals surface area contributed by atoms with E-state index < -0.39 is 9.84 Å². The number of hydrogen-bond donors (Lipinski definition) is 1. The summed E-state index contributed by atoms with van der Waals surface area (Å²) in [6.45, 7) is 4.45. The first-order valence-electron chi connectivity index (χ1n) is 5.39. The van der Waals surface area contributed by atoms with Gasteiger partial charge in [0.25, 0.3) is 0 Å². The quantitative estimate of drug-likeness (QED) is 0.822. The zero-order chi connectivity index (χ0) is 12.2. The molecule has 1 N–H and O–H groups in total. The van der Waals surface area contributed by atoms with Gasteiger partial charge >= 0.3 is 0 Å². The molecule has 0 spiro atoms. The van der Waals surface area contributed by atoms with Crippen molar-refractivity contribution in [2.75, 3.05) is 12.0 Å². The Kier molecular flexibility index (Phi) is 4.56. The molecule has 0 saturated carbocycles. The maximum absolute atomic E-state index is 11.0. The standard InChI is InChI=1S/C11H19NO3S/c1-4-10-5-6-11(15-10)7-12-9(2)8-16(3,13)14/h5-6,9,12H,4,7-8H2,1-3H3. The molecule has 0 aromatic carbocycles. The van der Waals surface area contributed by atoms with Crippen LogP contribution in [-0.4, -0.2) is 26.5 Å². The molecule has 0 fully saturated rings. The summed E-state index contributed by atoms with van der Waals surface area (Å²) in [6, 6.07) is 3.79. The summed E-state index contributed by atoms with van der Waals surface area (Å²) in [5, 5.41) is 3.12. The highest BCUT2D eigenvalue weighted by Gasteiger charge is 2.10. The van der Waals surface area contributed by atoms with Crippen LogP contribution in [0.3, 0.4) is 0 Å². The van der Waals surface area contributed by atoms with E-state index in [9.17, 15) is 8.42 Å². The second-order valence-corrected chi connectivity index (χ2v) is 6.28. The molecule has 0 aliphatic rings. The second kappa shape index (κ2) is 5.50. The fraction of sp³-hybridized carbons (Fsp3) is 0.636. The lowest BCUT2D eigenvalue weighted by molar-refractivity contribution is 0.438. The minimum atomic E-state index is -2.92. The van der Waals surface area contributed by atoms with Gasteiger partial charge in [-0.2, -0.15) is 0 Å². The van der Waals surface area contributed by atoms with Crippen LogP contribution in [0.4, 0.5) is 0 Å². The van der Waals surface area contributed by atoms with E-state index in [0.29, 0.717) is 6.54 Å². The Morgan fingerprint density at radius 1 is 1.38 bits per heavy atom. The van der Waals surface area contributed by atoms with Gasteiger partial charge in [0, 0.05) is 18.7 Å². The maximum atomic E-state index is 11.0. The molecule has 92 valence electrons. The maximum Gasteiger partial charge on any atom is 0.148 e. The van der Waals surface area contributed by atoms with E-state index in [1.165, 1.54) is 6.26 Å². The van der Waals surface area contributed by atoms with Crippen LogP contribution in [0.1, 0.15) is 25.4 Å². The summed E-state index contributed by atoms with van der Waals surface area (Å²) in [4.78, 5) is 0. The number of rotatable bonds is 6. The van der Waals surface area contributed by atoms with Crippen molar-refractivity contribution in [1.82, 2.24) is 5.32 Å². The van der Waals surface area contributed by atoms with Crippen molar-refractivity contribution >= 4 is 9.84 Å². The Labute approximate surface area is 97.0 Å². The highest BCUT2D eigenvalue weighted by molar-refractivity contribution is 7.90. The zero-order valence-electron chi connectivity index (χ0n) is 9.99. The Hall–Kier alpha value is -0.810. The molecular weight excluding hydrogens is 226 g/mol.